The van der Waals surface area contributed by atoms with E-state index in [0.29, 0.717) is 0 Å². The molecule has 0 saturated heterocycles. The van der Waals surface area contributed by atoms with Gasteiger partial charge in [0.25, 0.3) is 5.92 Å². The van der Waals surface area contributed by atoms with Gasteiger partial charge in [-0.2, -0.15) is 0 Å². The first-order valence-corrected chi connectivity index (χ1v) is 4.39. The van der Waals surface area contributed by atoms with E-state index in [1.165, 1.54) is 19.9 Å². The Balaban J connectivity index is 3.07. The molecule has 0 aromatic heterocycles. The third kappa shape index (κ3) is 2.06. The van der Waals surface area contributed by atoms with Crippen LogP contribution in [0.2, 0.25) is 0 Å². The molecule has 0 aliphatic rings. The number of rotatable bonds is 2. The highest BCUT2D eigenvalue weighted by Crippen LogP contribution is 2.35. The molecule has 13 heavy (non-hydrogen) atoms. The van der Waals surface area contributed by atoms with Crippen molar-refractivity contribution in [3.8, 4) is 0 Å². The fourth-order valence-corrected chi connectivity index (χ4v) is 1.19. The molecule has 0 spiro atoms. The molecule has 72 valence electrons. The molecule has 1 aromatic carbocycles. The zero-order valence-corrected chi connectivity index (χ0v) is 8.14. The summed E-state index contributed by atoms with van der Waals surface area (Å²) in [7, 11) is 0. The molecule has 1 aromatic rings. The Bertz CT molecular complexity index is 290. The molecule has 0 radical (unpaired) electrons. The quantitative estimate of drug-likeness (QED) is 0.656. The maximum atomic E-state index is 13.5. The molecule has 0 aliphatic heterocycles. The number of aryl methyl sites for hydroxylation is 1. The summed E-state index contributed by atoms with van der Waals surface area (Å²) >= 11 is 0. The topological polar surface area (TPSA) is 0 Å². The van der Waals surface area contributed by atoms with Crippen molar-refractivity contribution in [2.24, 2.45) is 5.92 Å². The average Bonchev–Trinajstić information content (AvgIpc) is 2.04. The van der Waals surface area contributed by atoms with E-state index in [0.717, 1.165) is 5.56 Å². The molecule has 0 atom stereocenters. The van der Waals surface area contributed by atoms with Gasteiger partial charge in [0.2, 0.25) is 0 Å². The van der Waals surface area contributed by atoms with E-state index in [4.69, 9.17) is 0 Å². The number of hydrogen-bond donors (Lipinski definition) is 0. The minimum atomic E-state index is -2.72. The lowest BCUT2D eigenvalue weighted by Gasteiger charge is -2.20. The van der Waals surface area contributed by atoms with Gasteiger partial charge in [-0.1, -0.05) is 43.7 Å². The number of halogens is 2. The number of alkyl halides is 2. The maximum Gasteiger partial charge on any atom is 0.275 e. The van der Waals surface area contributed by atoms with Crippen molar-refractivity contribution in [3.63, 3.8) is 0 Å². The van der Waals surface area contributed by atoms with Gasteiger partial charge in [0.05, 0.1) is 0 Å². The summed E-state index contributed by atoms with van der Waals surface area (Å²) in [6.07, 6.45) is 0. The van der Waals surface area contributed by atoms with E-state index in [9.17, 15) is 8.78 Å². The van der Waals surface area contributed by atoms with Crippen LogP contribution in [0, 0.1) is 12.8 Å². The first kappa shape index (κ1) is 10.2. The van der Waals surface area contributed by atoms with Crippen LogP contribution in [0.1, 0.15) is 25.0 Å². The lowest BCUT2D eigenvalue weighted by atomic mass is 9.97. The molecule has 0 fully saturated rings. The van der Waals surface area contributed by atoms with Crippen LogP contribution in [-0.2, 0) is 5.92 Å². The molecule has 0 heterocycles. The summed E-state index contributed by atoms with van der Waals surface area (Å²) in [5.41, 5.74) is 0.986. The average molecular weight is 184 g/mol. The SMILES string of the molecule is Cc1cccc(C(F)(F)C(C)C)c1. The van der Waals surface area contributed by atoms with Crippen LogP contribution in [0.15, 0.2) is 24.3 Å². The number of benzene rings is 1. The molecule has 1 rings (SSSR count). The Labute approximate surface area is 77.6 Å². The Kier molecular flexibility index (Phi) is 2.69. The van der Waals surface area contributed by atoms with Gasteiger partial charge in [-0.25, -0.2) is 8.78 Å². The summed E-state index contributed by atoms with van der Waals surface area (Å²) in [5.74, 6) is -3.37. The van der Waals surface area contributed by atoms with Gasteiger partial charge in [0, 0.05) is 11.5 Å². The highest BCUT2D eigenvalue weighted by molar-refractivity contribution is 5.26. The van der Waals surface area contributed by atoms with E-state index in [1.807, 2.05) is 13.0 Å². The second-order valence-electron chi connectivity index (χ2n) is 3.65. The molecular weight excluding hydrogens is 170 g/mol. The molecule has 0 aliphatic carbocycles. The second-order valence-corrected chi connectivity index (χ2v) is 3.65. The molecular formula is C11H14F2. The van der Waals surface area contributed by atoms with Crippen LogP contribution in [-0.4, -0.2) is 0 Å². The van der Waals surface area contributed by atoms with Crippen molar-refractivity contribution in [2.45, 2.75) is 26.7 Å². The standard InChI is InChI=1S/C11H14F2/c1-8(2)11(12,13)10-6-4-5-9(3)7-10/h4-8H,1-3H3. The van der Waals surface area contributed by atoms with Crippen LogP contribution in [0.3, 0.4) is 0 Å². The molecule has 0 N–H and O–H groups in total. The van der Waals surface area contributed by atoms with E-state index >= 15 is 0 Å². The van der Waals surface area contributed by atoms with Crippen molar-refractivity contribution < 1.29 is 8.78 Å². The van der Waals surface area contributed by atoms with Gasteiger partial charge in [0.1, 0.15) is 0 Å². The third-order valence-corrected chi connectivity index (χ3v) is 2.13. The van der Waals surface area contributed by atoms with E-state index in [1.54, 1.807) is 12.1 Å². The van der Waals surface area contributed by atoms with Gasteiger partial charge in [-0.05, 0) is 6.92 Å². The zero-order valence-electron chi connectivity index (χ0n) is 8.14. The minimum absolute atomic E-state index is 0.113. The minimum Gasteiger partial charge on any atom is -0.201 e. The van der Waals surface area contributed by atoms with Crippen LogP contribution in [0.4, 0.5) is 8.78 Å². The lowest BCUT2D eigenvalue weighted by Crippen LogP contribution is -2.20. The van der Waals surface area contributed by atoms with Gasteiger partial charge >= 0.3 is 0 Å². The van der Waals surface area contributed by atoms with Gasteiger partial charge in [-0.15, -0.1) is 0 Å². The summed E-state index contributed by atoms with van der Waals surface area (Å²) in [4.78, 5) is 0. The van der Waals surface area contributed by atoms with Gasteiger partial charge in [0.15, 0.2) is 0 Å². The molecule has 0 saturated carbocycles. The maximum absolute atomic E-state index is 13.5. The van der Waals surface area contributed by atoms with E-state index in [-0.39, 0.29) is 5.56 Å². The first-order chi connectivity index (χ1) is 5.94. The summed E-state index contributed by atoms with van der Waals surface area (Å²) in [6.45, 7) is 4.88. The van der Waals surface area contributed by atoms with Crippen molar-refractivity contribution in [2.75, 3.05) is 0 Å². The van der Waals surface area contributed by atoms with Crippen LogP contribution >= 0.6 is 0 Å². The van der Waals surface area contributed by atoms with E-state index < -0.39 is 11.8 Å². The fourth-order valence-electron chi connectivity index (χ4n) is 1.19. The van der Waals surface area contributed by atoms with Crippen LogP contribution < -0.4 is 0 Å². The lowest BCUT2D eigenvalue weighted by molar-refractivity contribution is -0.0514. The molecule has 0 unspecified atom stereocenters. The first-order valence-electron chi connectivity index (χ1n) is 4.39. The third-order valence-electron chi connectivity index (χ3n) is 2.13. The highest BCUT2D eigenvalue weighted by atomic mass is 19.3. The second kappa shape index (κ2) is 3.44. The molecule has 0 nitrogen and oxygen atoms in total. The van der Waals surface area contributed by atoms with Crippen LogP contribution in [0.25, 0.3) is 0 Å². The predicted octanol–water partition coefficient (Wildman–Crippen LogP) is 3.74. The Morgan fingerprint density at radius 3 is 2.31 bits per heavy atom. The summed E-state index contributed by atoms with van der Waals surface area (Å²) in [5, 5.41) is 0. The Hall–Kier alpha value is -0.920. The van der Waals surface area contributed by atoms with E-state index in [2.05, 4.69) is 0 Å². The number of hydrogen-bond acceptors (Lipinski definition) is 0. The van der Waals surface area contributed by atoms with Gasteiger partial charge in [-0.3, -0.25) is 0 Å². The molecule has 0 bridgehead atoms. The smallest absolute Gasteiger partial charge is 0.201 e. The normalized spacial score (nSPS) is 12.2. The Morgan fingerprint density at radius 2 is 1.85 bits per heavy atom. The van der Waals surface area contributed by atoms with Crippen molar-refractivity contribution in [1.82, 2.24) is 0 Å². The highest BCUT2D eigenvalue weighted by Gasteiger charge is 2.35. The summed E-state index contributed by atoms with van der Waals surface area (Å²) in [6, 6.07) is 6.51. The zero-order chi connectivity index (χ0) is 10.1. The van der Waals surface area contributed by atoms with Gasteiger partial charge < -0.3 is 0 Å². The largest absolute Gasteiger partial charge is 0.275 e. The van der Waals surface area contributed by atoms with Crippen molar-refractivity contribution in [1.29, 1.82) is 0 Å². The fraction of sp³-hybridized carbons (Fsp3) is 0.455. The molecule has 2 heteroatoms. The monoisotopic (exact) mass is 184 g/mol. The van der Waals surface area contributed by atoms with Crippen LogP contribution in [0.5, 0.6) is 0 Å². The van der Waals surface area contributed by atoms with Crippen molar-refractivity contribution >= 4 is 0 Å². The Morgan fingerprint density at radius 1 is 1.23 bits per heavy atom. The summed E-state index contributed by atoms with van der Waals surface area (Å²) < 4.78 is 26.9. The molecule has 0 amide bonds. The predicted molar refractivity (Wildman–Crippen MR) is 49.9 cm³/mol. The van der Waals surface area contributed by atoms with Crippen molar-refractivity contribution in [3.05, 3.63) is 35.4 Å².